The zero-order valence-corrected chi connectivity index (χ0v) is 17.4. The van der Waals surface area contributed by atoms with E-state index in [-0.39, 0.29) is 24.9 Å². The van der Waals surface area contributed by atoms with Crippen molar-refractivity contribution >= 4 is 46.4 Å². The lowest BCUT2D eigenvalue weighted by Crippen LogP contribution is -3.11. The summed E-state index contributed by atoms with van der Waals surface area (Å²) >= 11 is 11.8. The van der Waals surface area contributed by atoms with Gasteiger partial charge in [0.1, 0.15) is 0 Å². The van der Waals surface area contributed by atoms with Crippen molar-refractivity contribution in [3.05, 3.63) is 57.1 Å². The van der Waals surface area contributed by atoms with Crippen LogP contribution in [0.25, 0.3) is 0 Å². The Bertz CT molecular complexity index is 845. The molecule has 7 heteroatoms. The highest BCUT2D eigenvalue weighted by atomic mass is 35.5. The molecule has 0 aromatic heterocycles. The topological polar surface area (TPSA) is 62.6 Å². The molecule has 0 aliphatic rings. The van der Waals surface area contributed by atoms with Gasteiger partial charge in [-0.05, 0) is 50.1 Å². The largest absolute Gasteiger partial charge is 0.322 e. The van der Waals surface area contributed by atoms with Gasteiger partial charge in [-0.2, -0.15) is 0 Å². The number of anilines is 2. The lowest BCUT2D eigenvalue weighted by molar-refractivity contribution is -0.862. The normalized spacial score (nSPS) is 11.8. The van der Waals surface area contributed by atoms with Crippen molar-refractivity contribution < 1.29 is 14.5 Å². The summed E-state index contributed by atoms with van der Waals surface area (Å²) in [6, 6.07) is 8.95. The first kappa shape index (κ1) is 21.2. The van der Waals surface area contributed by atoms with E-state index in [1.165, 1.54) is 0 Å². The van der Waals surface area contributed by atoms with Crippen LogP contribution in [0.4, 0.5) is 11.4 Å². The van der Waals surface area contributed by atoms with E-state index in [9.17, 15) is 9.59 Å². The Hall–Kier alpha value is -2.08. The number of hydrogen-bond acceptors (Lipinski definition) is 2. The van der Waals surface area contributed by atoms with Crippen LogP contribution < -0.4 is 15.5 Å². The van der Waals surface area contributed by atoms with Gasteiger partial charge in [-0.1, -0.05) is 40.9 Å². The third-order valence-corrected chi connectivity index (χ3v) is 4.81. The molecule has 0 saturated heterocycles. The molecule has 0 aliphatic carbocycles. The number of hydrogen-bond donors (Lipinski definition) is 3. The minimum absolute atomic E-state index is 0.134. The van der Waals surface area contributed by atoms with Gasteiger partial charge in [-0.3, -0.25) is 9.59 Å². The van der Waals surface area contributed by atoms with Gasteiger partial charge >= 0.3 is 0 Å². The molecule has 2 aromatic rings. The maximum absolute atomic E-state index is 12.3. The minimum Gasteiger partial charge on any atom is -0.322 e. The van der Waals surface area contributed by atoms with Crippen molar-refractivity contribution in [3.8, 4) is 0 Å². The van der Waals surface area contributed by atoms with Crippen LogP contribution in [0.15, 0.2) is 30.3 Å². The number of halogens is 2. The highest BCUT2D eigenvalue weighted by molar-refractivity contribution is 6.42. The molecule has 0 bridgehead atoms. The summed E-state index contributed by atoms with van der Waals surface area (Å²) in [4.78, 5) is 25.3. The van der Waals surface area contributed by atoms with Crippen molar-refractivity contribution in [3.63, 3.8) is 0 Å². The fraction of sp³-hybridized carbons (Fsp3) is 0.300. The minimum atomic E-state index is -0.207. The molecule has 0 fully saturated rings. The third-order valence-electron chi connectivity index (χ3n) is 4.07. The smallest absolute Gasteiger partial charge is 0.279 e. The summed E-state index contributed by atoms with van der Waals surface area (Å²) in [7, 11) is 1.79. The molecule has 144 valence electrons. The van der Waals surface area contributed by atoms with Crippen LogP contribution in [0.1, 0.15) is 16.7 Å². The molecule has 2 rings (SSSR count). The molecule has 27 heavy (non-hydrogen) atoms. The standard InChI is InChI=1S/C20H23Cl2N3O2/c1-12-7-13(2)20(14(3)8-12)24-19(27)11-25(4)10-18(26)23-15-5-6-16(21)17(22)9-15/h5-9H,10-11H2,1-4H3,(H,23,26)(H,24,27)/p+1. The first-order valence-electron chi connectivity index (χ1n) is 8.59. The van der Waals surface area contributed by atoms with Crippen molar-refractivity contribution in [2.75, 3.05) is 30.8 Å². The molecule has 1 unspecified atom stereocenters. The van der Waals surface area contributed by atoms with Gasteiger partial charge < -0.3 is 15.5 Å². The van der Waals surface area contributed by atoms with Gasteiger partial charge in [-0.15, -0.1) is 0 Å². The van der Waals surface area contributed by atoms with E-state index >= 15 is 0 Å². The summed E-state index contributed by atoms with van der Waals surface area (Å²) in [5.74, 6) is -0.341. The molecular formula is C20H24Cl2N3O2+. The highest BCUT2D eigenvalue weighted by Crippen LogP contribution is 2.25. The first-order chi connectivity index (χ1) is 12.7. The third kappa shape index (κ3) is 6.24. The van der Waals surface area contributed by atoms with E-state index < -0.39 is 0 Å². The van der Waals surface area contributed by atoms with Crippen molar-refractivity contribution in [1.29, 1.82) is 0 Å². The maximum Gasteiger partial charge on any atom is 0.279 e. The number of rotatable bonds is 6. The van der Waals surface area contributed by atoms with E-state index in [2.05, 4.69) is 10.6 Å². The number of likely N-dealkylation sites (N-methyl/N-ethyl adjacent to an activating group) is 1. The average molecular weight is 409 g/mol. The van der Waals surface area contributed by atoms with E-state index in [1.807, 2.05) is 32.9 Å². The zero-order chi connectivity index (χ0) is 20.1. The monoisotopic (exact) mass is 408 g/mol. The average Bonchev–Trinajstić information content (AvgIpc) is 2.54. The molecule has 0 heterocycles. The quantitative estimate of drug-likeness (QED) is 0.687. The van der Waals surface area contributed by atoms with Crippen LogP contribution >= 0.6 is 23.2 Å². The van der Waals surface area contributed by atoms with Crippen LogP contribution in [0.2, 0.25) is 10.0 Å². The number of benzene rings is 2. The van der Waals surface area contributed by atoms with Gasteiger partial charge in [-0.25, -0.2) is 0 Å². The van der Waals surface area contributed by atoms with Crippen molar-refractivity contribution in [1.82, 2.24) is 0 Å². The molecule has 0 spiro atoms. The first-order valence-corrected chi connectivity index (χ1v) is 9.35. The van der Waals surface area contributed by atoms with E-state index in [1.54, 1.807) is 25.2 Å². The second kappa shape index (κ2) is 9.22. The predicted molar refractivity (Wildman–Crippen MR) is 111 cm³/mol. The lowest BCUT2D eigenvalue weighted by atomic mass is 10.1. The number of quaternary nitrogens is 1. The molecular weight excluding hydrogens is 385 g/mol. The van der Waals surface area contributed by atoms with E-state index in [0.29, 0.717) is 15.7 Å². The van der Waals surface area contributed by atoms with Gasteiger partial charge in [0.25, 0.3) is 11.8 Å². The molecule has 3 N–H and O–H groups in total. The van der Waals surface area contributed by atoms with Gasteiger partial charge in [0, 0.05) is 11.4 Å². The van der Waals surface area contributed by atoms with Crippen LogP contribution in [0.3, 0.4) is 0 Å². The number of amides is 2. The Labute approximate surface area is 169 Å². The van der Waals surface area contributed by atoms with Crippen molar-refractivity contribution in [2.45, 2.75) is 20.8 Å². The predicted octanol–water partition coefficient (Wildman–Crippen LogP) is 3.01. The Morgan fingerprint density at radius 3 is 2.00 bits per heavy atom. The van der Waals surface area contributed by atoms with Crippen LogP contribution in [0, 0.1) is 20.8 Å². The number of carbonyl (C=O) groups excluding carboxylic acids is 2. The molecule has 0 radical (unpaired) electrons. The molecule has 2 aromatic carbocycles. The van der Waals surface area contributed by atoms with Crippen LogP contribution in [-0.2, 0) is 9.59 Å². The Kier molecular flexibility index (Phi) is 7.25. The van der Waals surface area contributed by atoms with Crippen molar-refractivity contribution in [2.24, 2.45) is 0 Å². The summed E-state index contributed by atoms with van der Waals surface area (Å²) in [5, 5.41) is 6.50. The van der Waals surface area contributed by atoms with Crippen LogP contribution in [-0.4, -0.2) is 32.0 Å². The molecule has 0 saturated carbocycles. The summed E-state index contributed by atoms with van der Waals surface area (Å²) in [6.07, 6.45) is 0. The lowest BCUT2D eigenvalue weighted by Gasteiger charge is -2.16. The SMILES string of the molecule is Cc1cc(C)c(NC(=O)C[NH+](C)CC(=O)Nc2ccc(Cl)c(Cl)c2)c(C)c1. The van der Waals surface area contributed by atoms with Gasteiger partial charge in [0.2, 0.25) is 0 Å². The van der Waals surface area contributed by atoms with Gasteiger partial charge in [0.15, 0.2) is 13.1 Å². The summed E-state index contributed by atoms with van der Waals surface area (Å²) < 4.78 is 0. The molecule has 1 atom stereocenters. The number of carbonyl (C=O) groups is 2. The Morgan fingerprint density at radius 2 is 1.44 bits per heavy atom. The second-order valence-electron chi connectivity index (χ2n) is 6.81. The van der Waals surface area contributed by atoms with Gasteiger partial charge in [0.05, 0.1) is 17.1 Å². The van der Waals surface area contributed by atoms with Crippen LogP contribution in [0.5, 0.6) is 0 Å². The fourth-order valence-corrected chi connectivity index (χ4v) is 3.25. The highest BCUT2D eigenvalue weighted by Gasteiger charge is 2.16. The van der Waals surface area contributed by atoms with E-state index in [0.717, 1.165) is 27.3 Å². The Morgan fingerprint density at radius 1 is 0.889 bits per heavy atom. The summed E-state index contributed by atoms with van der Waals surface area (Å²) in [6.45, 7) is 6.30. The molecule has 2 amide bonds. The number of aryl methyl sites for hydroxylation is 3. The van der Waals surface area contributed by atoms with E-state index in [4.69, 9.17) is 23.2 Å². The fourth-order valence-electron chi connectivity index (χ4n) is 2.95. The molecule has 0 aliphatic heterocycles. The Balaban J connectivity index is 1.89. The number of nitrogens with one attached hydrogen (secondary N) is 3. The second-order valence-corrected chi connectivity index (χ2v) is 7.62. The maximum atomic E-state index is 12.3. The molecule has 5 nitrogen and oxygen atoms in total. The zero-order valence-electron chi connectivity index (χ0n) is 15.9. The summed E-state index contributed by atoms with van der Waals surface area (Å²) in [5.41, 5.74) is 4.60.